The van der Waals surface area contributed by atoms with Crippen LogP contribution in [0.1, 0.15) is 117 Å². The molecule has 4 aliphatic rings. The van der Waals surface area contributed by atoms with E-state index in [1.54, 1.807) is 0 Å². The number of benzene rings is 1. The normalized spacial score (nSPS) is 40.7. The van der Waals surface area contributed by atoms with Crippen molar-refractivity contribution in [2.24, 2.45) is 52.3 Å². The molecule has 200 valence electrons. The van der Waals surface area contributed by atoms with E-state index in [0.717, 1.165) is 52.7 Å². The lowest BCUT2D eigenvalue weighted by molar-refractivity contribution is -0.126. The van der Waals surface area contributed by atoms with Crippen molar-refractivity contribution in [3.63, 3.8) is 0 Å². The summed E-state index contributed by atoms with van der Waals surface area (Å²) in [6.45, 7) is 16.8. The summed E-state index contributed by atoms with van der Waals surface area (Å²) in [7, 11) is 0. The van der Waals surface area contributed by atoms with Crippen molar-refractivity contribution in [1.29, 1.82) is 0 Å². The minimum absolute atomic E-state index is 0.372. The number of ether oxygens (including phenoxy) is 1. The molecule has 0 amide bonds. The van der Waals surface area contributed by atoms with Gasteiger partial charge in [0.05, 0.1) is 6.10 Å². The minimum Gasteiger partial charge on any atom is -0.490 e. The van der Waals surface area contributed by atoms with Crippen LogP contribution in [0.2, 0.25) is 0 Å². The van der Waals surface area contributed by atoms with Crippen LogP contribution in [0.5, 0.6) is 5.75 Å². The topological polar surface area (TPSA) is 9.23 Å². The lowest BCUT2D eigenvalue weighted by Crippen LogP contribution is -2.54. The molecule has 5 unspecified atom stereocenters. The van der Waals surface area contributed by atoms with Crippen LogP contribution in [0, 0.1) is 52.3 Å². The summed E-state index contributed by atoms with van der Waals surface area (Å²) in [4.78, 5) is 0. The lowest BCUT2D eigenvalue weighted by Gasteiger charge is -2.61. The maximum absolute atomic E-state index is 6.61. The third-order valence-electron chi connectivity index (χ3n) is 12.3. The highest BCUT2D eigenvalue weighted by molar-refractivity contribution is 5.55. The quantitative estimate of drug-likeness (QED) is 0.352. The van der Waals surface area contributed by atoms with Crippen LogP contribution in [0.4, 0.5) is 0 Å². The van der Waals surface area contributed by atoms with Crippen molar-refractivity contribution >= 4 is 6.08 Å². The average molecular weight is 491 g/mol. The monoisotopic (exact) mass is 490 g/mol. The number of fused-ring (bicyclic) bond motifs is 5. The van der Waals surface area contributed by atoms with Gasteiger partial charge >= 0.3 is 0 Å². The molecule has 4 saturated carbocycles. The molecule has 36 heavy (non-hydrogen) atoms. The lowest BCUT2D eigenvalue weighted by atomic mass is 9.44. The first-order valence-electron chi connectivity index (χ1n) is 15.6. The van der Waals surface area contributed by atoms with E-state index in [2.05, 4.69) is 65.5 Å². The van der Waals surface area contributed by atoms with Crippen LogP contribution in [-0.4, -0.2) is 6.10 Å². The van der Waals surface area contributed by atoms with E-state index in [9.17, 15) is 0 Å². The second kappa shape index (κ2) is 10.5. The maximum atomic E-state index is 6.61. The molecule has 4 fully saturated rings. The molecular formula is C35H54O. The summed E-state index contributed by atoms with van der Waals surface area (Å²) >= 11 is 0. The van der Waals surface area contributed by atoms with E-state index in [4.69, 9.17) is 4.74 Å². The molecule has 0 heterocycles. The third-order valence-corrected chi connectivity index (χ3v) is 12.3. The van der Waals surface area contributed by atoms with Gasteiger partial charge in [0, 0.05) is 5.56 Å². The van der Waals surface area contributed by atoms with Crippen molar-refractivity contribution in [1.82, 2.24) is 0 Å². The molecule has 5 rings (SSSR count). The van der Waals surface area contributed by atoms with Gasteiger partial charge in [-0.1, -0.05) is 84.7 Å². The summed E-state index contributed by atoms with van der Waals surface area (Å²) in [5.74, 6) is 7.52. The Morgan fingerprint density at radius 1 is 0.917 bits per heavy atom. The van der Waals surface area contributed by atoms with Crippen LogP contribution < -0.4 is 4.74 Å². The first-order valence-corrected chi connectivity index (χ1v) is 15.6. The van der Waals surface area contributed by atoms with Gasteiger partial charge in [-0.15, -0.1) is 0 Å². The molecule has 0 saturated heterocycles. The fourth-order valence-electron chi connectivity index (χ4n) is 10.3. The van der Waals surface area contributed by atoms with E-state index in [0.29, 0.717) is 16.9 Å². The van der Waals surface area contributed by atoms with E-state index in [-0.39, 0.29) is 0 Å². The Balaban J connectivity index is 1.24. The minimum atomic E-state index is 0.372. The molecule has 0 aromatic heterocycles. The summed E-state index contributed by atoms with van der Waals surface area (Å²) in [6.07, 6.45) is 19.4. The van der Waals surface area contributed by atoms with Gasteiger partial charge < -0.3 is 4.74 Å². The van der Waals surface area contributed by atoms with E-state index in [1.165, 1.54) is 77.0 Å². The largest absolute Gasteiger partial charge is 0.490 e. The van der Waals surface area contributed by atoms with E-state index < -0.39 is 0 Å². The van der Waals surface area contributed by atoms with Crippen molar-refractivity contribution in [3.8, 4) is 5.75 Å². The van der Waals surface area contributed by atoms with E-state index >= 15 is 0 Å². The molecule has 0 radical (unpaired) electrons. The first-order chi connectivity index (χ1) is 17.3. The Bertz CT molecular complexity index is 902. The summed E-state index contributed by atoms with van der Waals surface area (Å²) in [5.41, 5.74) is 2.27. The van der Waals surface area contributed by atoms with Crippen molar-refractivity contribution in [3.05, 3.63) is 36.4 Å². The molecule has 0 spiro atoms. The number of rotatable bonds is 8. The SMILES string of the molecule is C=Cc1ccccc1OC1CC[C@@]2(C)C(CCC3C2CC[C@@]2(C)C3CC[C@@H]2[C@H](C)CCCC(C)C)C1. The van der Waals surface area contributed by atoms with Crippen LogP contribution >= 0.6 is 0 Å². The second-order valence-corrected chi connectivity index (χ2v) is 14.4. The number of hydrogen-bond acceptors (Lipinski definition) is 1. The number of para-hydroxylation sites is 1. The van der Waals surface area contributed by atoms with Crippen LogP contribution in [-0.2, 0) is 0 Å². The Kier molecular flexibility index (Phi) is 7.69. The maximum Gasteiger partial charge on any atom is 0.126 e. The van der Waals surface area contributed by atoms with Gasteiger partial charge in [0.2, 0.25) is 0 Å². The van der Waals surface area contributed by atoms with E-state index in [1.807, 2.05) is 6.08 Å². The number of hydrogen-bond donors (Lipinski definition) is 0. The van der Waals surface area contributed by atoms with Gasteiger partial charge in [-0.2, -0.15) is 0 Å². The molecule has 1 nitrogen and oxygen atoms in total. The zero-order chi connectivity index (χ0) is 25.5. The summed E-state index contributed by atoms with van der Waals surface area (Å²) in [6, 6.07) is 8.43. The van der Waals surface area contributed by atoms with Crippen molar-refractivity contribution < 1.29 is 4.74 Å². The van der Waals surface area contributed by atoms with Crippen LogP contribution in [0.25, 0.3) is 6.08 Å². The predicted molar refractivity (Wildman–Crippen MR) is 154 cm³/mol. The van der Waals surface area contributed by atoms with Gasteiger partial charge in [0.1, 0.15) is 5.75 Å². The molecule has 0 bridgehead atoms. The zero-order valence-corrected chi connectivity index (χ0v) is 24.1. The molecule has 0 N–H and O–H groups in total. The second-order valence-electron chi connectivity index (χ2n) is 14.4. The smallest absolute Gasteiger partial charge is 0.126 e. The Morgan fingerprint density at radius 2 is 1.67 bits per heavy atom. The third kappa shape index (κ3) is 4.71. The first kappa shape index (κ1) is 26.4. The highest BCUT2D eigenvalue weighted by Crippen LogP contribution is 2.68. The van der Waals surface area contributed by atoms with Gasteiger partial charge in [-0.3, -0.25) is 0 Å². The highest BCUT2D eigenvalue weighted by Gasteiger charge is 2.60. The molecular weight excluding hydrogens is 436 g/mol. The van der Waals surface area contributed by atoms with Crippen molar-refractivity contribution in [2.45, 2.75) is 118 Å². The van der Waals surface area contributed by atoms with Gasteiger partial charge in [-0.05, 0) is 116 Å². The Morgan fingerprint density at radius 3 is 2.44 bits per heavy atom. The molecule has 4 aliphatic carbocycles. The van der Waals surface area contributed by atoms with Crippen molar-refractivity contribution in [2.75, 3.05) is 0 Å². The standard InChI is InChI=1S/C35H54O/c1-7-26-13-8-9-14-33(26)36-28-19-21-34(5)27(23-28)15-16-29-31-18-17-30(25(4)12-10-11-24(2)3)35(31,6)22-20-32(29)34/h7-9,13-14,24-25,27-32H,1,10-12,15-23H2,2-6H3/t25-,27?,28?,29?,30-,31?,32?,34+,35-/m1/s1. The molecule has 1 aromatic rings. The molecule has 1 aromatic carbocycles. The molecule has 9 atom stereocenters. The summed E-state index contributed by atoms with van der Waals surface area (Å²) in [5, 5.41) is 0. The average Bonchev–Trinajstić information content (AvgIpc) is 3.21. The van der Waals surface area contributed by atoms with Gasteiger partial charge in [-0.25, -0.2) is 0 Å². The van der Waals surface area contributed by atoms with Crippen LogP contribution in [0.15, 0.2) is 30.8 Å². The Hall–Kier alpha value is -1.24. The van der Waals surface area contributed by atoms with Gasteiger partial charge in [0.15, 0.2) is 0 Å². The highest BCUT2D eigenvalue weighted by atomic mass is 16.5. The van der Waals surface area contributed by atoms with Crippen LogP contribution in [0.3, 0.4) is 0 Å². The van der Waals surface area contributed by atoms with Gasteiger partial charge in [0.25, 0.3) is 0 Å². The summed E-state index contributed by atoms with van der Waals surface area (Å²) < 4.78 is 6.61. The predicted octanol–water partition coefficient (Wildman–Crippen LogP) is 10.2. The zero-order valence-electron chi connectivity index (χ0n) is 24.1. The fourth-order valence-corrected chi connectivity index (χ4v) is 10.3. The fraction of sp³-hybridized carbons (Fsp3) is 0.771. The molecule has 0 aliphatic heterocycles. The molecule has 1 heteroatoms. The Labute approximate surface area is 222 Å².